The van der Waals surface area contributed by atoms with E-state index in [1.807, 2.05) is 0 Å². The third kappa shape index (κ3) is 3.07. The molecule has 8 heteroatoms. The van der Waals surface area contributed by atoms with Crippen LogP contribution in [0.5, 0.6) is 0 Å². The number of nitrogens with two attached hydrogens (primary N) is 1. The van der Waals surface area contributed by atoms with Gasteiger partial charge in [-0.05, 0) is 46.6 Å². The highest BCUT2D eigenvalue weighted by molar-refractivity contribution is 9.10. The lowest BCUT2D eigenvalue weighted by molar-refractivity contribution is 0.600. The van der Waals surface area contributed by atoms with E-state index in [2.05, 4.69) is 25.6 Å². The largest absolute Gasteiger partial charge is 0.384 e. The summed E-state index contributed by atoms with van der Waals surface area (Å²) in [6.45, 7) is 1.61. The molecule has 2 aromatic rings. The van der Waals surface area contributed by atoms with Gasteiger partial charge in [0.25, 0.3) is 10.0 Å². The Morgan fingerprint density at radius 3 is 2.70 bits per heavy atom. The lowest BCUT2D eigenvalue weighted by Gasteiger charge is -2.11. The van der Waals surface area contributed by atoms with E-state index in [4.69, 9.17) is 5.73 Å². The molecule has 0 atom stereocenters. The number of rotatable bonds is 3. The second kappa shape index (κ2) is 5.37. The number of sulfonamides is 1. The number of pyridine rings is 1. The first-order valence-corrected chi connectivity index (χ1v) is 7.77. The van der Waals surface area contributed by atoms with Crippen molar-refractivity contribution in [2.24, 2.45) is 0 Å². The standard InChI is InChI=1S/C12H11BrFN3O2S/c1-7-4-10(14)9(13)6-11(7)17-20(18,19)8-2-3-16-12(15)5-8/h2-6,17H,1H3,(H2,15,16). The average molecular weight is 360 g/mol. The Bertz CT molecular complexity index is 765. The monoisotopic (exact) mass is 359 g/mol. The Morgan fingerprint density at radius 2 is 2.05 bits per heavy atom. The summed E-state index contributed by atoms with van der Waals surface area (Å²) < 4.78 is 40.3. The minimum Gasteiger partial charge on any atom is -0.384 e. The van der Waals surface area contributed by atoms with Crippen molar-refractivity contribution in [3.63, 3.8) is 0 Å². The van der Waals surface area contributed by atoms with Gasteiger partial charge in [0.1, 0.15) is 11.6 Å². The minimum absolute atomic E-state index is 0.00940. The number of benzene rings is 1. The molecule has 106 valence electrons. The van der Waals surface area contributed by atoms with Crippen LogP contribution in [0.1, 0.15) is 5.56 Å². The number of aromatic nitrogens is 1. The predicted octanol–water partition coefficient (Wildman–Crippen LogP) is 2.67. The Hall–Kier alpha value is -1.67. The van der Waals surface area contributed by atoms with Crippen LogP contribution < -0.4 is 10.5 Å². The molecule has 0 saturated carbocycles. The highest BCUT2D eigenvalue weighted by atomic mass is 79.9. The molecule has 0 fully saturated rings. The van der Waals surface area contributed by atoms with Gasteiger partial charge >= 0.3 is 0 Å². The van der Waals surface area contributed by atoms with Crippen LogP contribution >= 0.6 is 15.9 Å². The van der Waals surface area contributed by atoms with E-state index < -0.39 is 15.8 Å². The summed E-state index contributed by atoms with van der Waals surface area (Å²) in [4.78, 5) is 3.72. The van der Waals surface area contributed by atoms with Crippen molar-refractivity contribution in [3.8, 4) is 0 Å². The van der Waals surface area contributed by atoms with E-state index in [-0.39, 0.29) is 20.9 Å². The Labute approximate surface area is 124 Å². The van der Waals surface area contributed by atoms with Crippen LogP contribution in [0.25, 0.3) is 0 Å². The lowest BCUT2D eigenvalue weighted by atomic mass is 10.2. The number of hydrogen-bond acceptors (Lipinski definition) is 4. The van der Waals surface area contributed by atoms with Crippen LogP contribution in [0.2, 0.25) is 0 Å². The molecule has 0 aliphatic heterocycles. The summed E-state index contributed by atoms with van der Waals surface area (Å²) in [5.74, 6) is -0.358. The van der Waals surface area contributed by atoms with Crippen LogP contribution in [0.3, 0.4) is 0 Å². The summed E-state index contributed by atoms with van der Waals surface area (Å²) in [7, 11) is -3.80. The number of nitrogens with zero attached hydrogens (tertiary/aromatic N) is 1. The van der Waals surface area contributed by atoms with Gasteiger partial charge in [0.05, 0.1) is 15.1 Å². The summed E-state index contributed by atoms with van der Waals surface area (Å²) >= 11 is 3.02. The van der Waals surface area contributed by atoms with Gasteiger partial charge in [-0.25, -0.2) is 17.8 Å². The van der Waals surface area contributed by atoms with Crippen LogP contribution in [0, 0.1) is 12.7 Å². The van der Waals surface area contributed by atoms with Gasteiger partial charge in [-0.3, -0.25) is 4.72 Å². The molecule has 0 spiro atoms. The third-order valence-electron chi connectivity index (χ3n) is 2.57. The molecular formula is C12H11BrFN3O2S. The van der Waals surface area contributed by atoms with E-state index >= 15 is 0 Å². The first kappa shape index (κ1) is 14.7. The fourth-order valence-corrected chi connectivity index (χ4v) is 3.04. The molecule has 20 heavy (non-hydrogen) atoms. The van der Waals surface area contributed by atoms with Crippen molar-refractivity contribution >= 4 is 37.5 Å². The Morgan fingerprint density at radius 1 is 1.35 bits per heavy atom. The van der Waals surface area contributed by atoms with Crippen molar-refractivity contribution in [3.05, 3.63) is 46.3 Å². The van der Waals surface area contributed by atoms with Crippen molar-refractivity contribution in [2.75, 3.05) is 10.5 Å². The highest BCUT2D eigenvalue weighted by Gasteiger charge is 2.17. The molecule has 2 rings (SSSR count). The fraction of sp³-hybridized carbons (Fsp3) is 0.0833. The first-order chi connectivity index (χ1) is 9.29. The van der Waals surface area contributed by atoms with Crippen LogP contribution in [0.4, 0.5) is 15.9 Å². The van der Waals surface area contributed by atoms with Gasteiger partial charge in [0.2, 0.25) is 0 Å². The van der Waals surface area contributed by atoms with E-state index in [1.54, 1.807) is 6.92 Å². The SMILES string of the molecule is Cc1cc(F)c(Br)cc1NS(=O)(=O)c1ccnc(N)c1. The smallest absolute Gasteiger partial charge is 0.262 e. The highest BCUT2D eigenvalue weighted by Crippen LogP contribution is 2.26. The normalized spacial score (nSPS) is 11.3. The van der Waals surface area contributed by atoms with Gasteiger partial charge < -0.3 is 5.73 Å². The summed E-state index contributed by atoms with van der Waals surface area (Å²) in [6.07, 6.45) is 1.30. The molecule has 3 N–H and O–H groups in total. The second-order valence-corrected chi connectivity index (χ2v) is 6.64. The zero-order chi connectivity index (χ0) is 14.9. The Kier molecular flexibility index (Phi) is 3.96. The van der Waals surface area contributed by atoms with Crippen molar-refractivity contribution in [2.45, 2.75) is 11.8 Å². The molecule has 0 amide bonds. The molecule has 0 aliphatic rings. The van der Waals surface area contributed by atoms with Crippen LogP contribution in [-0.4, -0.2) is 13.4 Å². The molecule has 5 nitrogen and oxygen atoms in total. The number of anilines is 2. The zero-order valence-electron chi connectivity index (χ0n) is 10.4. The van der Waals surface area contributed by atoms with Crippen molar-refractivity contribution in [1.82, 2.24) is 4.98 Å². The summed E-state index contributed by atoms with van der Waals surface area (Å²) in [5, 5.41) is 0. The first-order valence-electron chi connectivity index (χ1n) is 5.49. The average Bonchev–Trinajstić information content (AvgIpc) is 2.36. The molecule has 0 bridgehead atoms. The predicted molar refractivity (Wildman–Crippen MR) is 78.3 cm³/mol. The zero-order valence-corrected chi connectivity index (χ0v) is 12.8. The van der Waals surface area contributed by atoms with E-state index in [0.717, 1.165) is 0 Å². The van der Waals surface area contributed by atoms with E-state index in [9.17, 15) is 12.8 Å². The number of nitrogen functional groups attached to an aromatic ring is 1. The van der Waals surface area contributed by atoms with E-state index in [1.165, 1.54) is 30.5 Å². The molecule has 1 aromatic carbocycles. The maximum atomic E-state index is 13.3. The number of aryl methyl sites for hydroxylation is 1. The van der Waals surface area contributed by atoms with Crippen molar-refractivity contribution < 1.29 is 12.8 Å². The third-order valence-corrected chi connectivity index (χ3v) is 4.55. The molecule has 0 unspecified atom stereocenters. The number of halogens is 2. The van der Waals surface area contributed by atoms with E-state index in [0.29, 0.717) is 5.56 Å². The summed E-state index contributed by atoms with van der Waals surface area (Å²) in [5.41, 5.74) is 6.22. The second-order valence-electron chi connectivity index (χ2n) is 4.10. The number of hydrogen-bond donors (Lipinski definition) is 2. The molecule has 0 radical (unpaired) electrons. The lowest BCUT2D eigenvalue weighted by Crippen LogP contribution is -2.14. The van der Waals surface area contributed by atoms with Crippen LogP contribution in [0.15, 0.2) is 39.8 Å². The summed E-state index contributed by atoms with van der Waals surface area (Å²) in [6, 6.07) is 5.18. The maximum absolute atomic E-state index is 13.3. The van der Waals surface area contributed by atoms with Crippen LogP contribution in [-0.2, 0) is 10.0 Å². The van der Waals surface area contributed by atoms with Gasteiger partial charge in [-0.15, -0.1) is 0 Å². The molecule has 0 saturated heterocycles. The maximum Gasteiger partial charge on any atom is 0.262 e. The van der Waals surface area contributed by atoms with Crippen molar-refractivity contribution in [1.29, 1.82) is 0 Å². The van der Waals surface area contributed by atoms with Gasteiger partial charge in [0, 0.05) is 12.3 Å². The van der Waals surface area contributed by atoms with Gasteiger partial charge in [-0.2, -0.15) is 0 Å². The number of nitrogens with one attached hydrogen (secondary N) is 1. The Balaban J connectivity index is 2.41. The minimum atomic E-state index is -3.80. The molecule has 0 aliphatic carbocycles. The van der Waals surface area contributed by atoms with Gasteiger partial charge in [0.15, 0.2) is 0 Å². The fourth-order valence-electron chi connectivity index (χ4n) is 1.56. The molecule has 1 heterocycles. The molecule has 1 aromatic heterocycles. The molecular weight excluding hydrogens is 349 g/mol. The quantitative estimate of drug-likeness (QED) is 0.881. The van der Waals surface area contributed by atoms with Gasteiger partial charge in [-0.1, -0.05) is 0 Å². The topological polar surface area (TPSA) is 85.1 Å².